The SMILES string of the molecule is CC(C)(C)C(=O)NCC1CCN(c2nc(Cc3ccc(Cl)cc3)ns2)CC1. The standard InChI is InChI=1S/C20H27ClN4OS/c1-20(2,3)18(26)22-13-15-8-10-25(11-9-15)19-23-17(24-27-19)12-14-4-6-16(21)7-5-14/h4-7,15H,8-13H2,1-3H3,(H,22,26). The lowest BCUT2D eigenvalue weighted by atomic mass is 9.93. The summed E-state index contributed by atoms with van der Waals surface area (Å²) in [5, 5.41) is 4.83. The van der Waals surface area contributed by atoms with Gasteiger partial charge in [0.15, 0.2) is 0 Å². The first-order valence-electron chi connectivity index (χ1n) is 9.41. The Morgan fingerprint density at radius 1 is 1.26 bits per heavy atom. The smallest absolute Gasteiger partial charge is 0.225 e. The Kier molecular flexibility index (Phi) is 6.37. The third-order valence-electron chi connectivity index (χ3n) is 4.85. The Labute approximate surface area is 170 Å². The van der Waals surface area contributed by atoms with E-state index in [1.807, 2.05) is 45.0 Å². The molecule has 27 heavy (non-hydrogen) atoms. The number of carbonyl (C=O) groups is 1. The molecule has 146 valence electrons. The van der Waals surface area contributed by atoms with Crippen LogP contribution in [0.25, 0.3) is 0 Å². The molecule has 1 aliphatic rings. The molecule has 1 amide bonds. The normalized spacial score (nSPS) is 15.8. The molecule has 0 bridgehead atoms. The molecule has 1 saturated heterocycles. The zero-order chi connectivity index (χ0) is 19.4. The van der Waals surface area contributed by atoms with E-state index in [0.29, 0.717) is 5.92 Å². The molecule has 1 aromatic carbocycles. The molecule has 2 aromatic rings. The molecule has 3 rings (SSSR count). The van der Waals surface area contributed by atoms with E-state index in [2.05, 4.69) is 14.6 Å². The molecular formula is C20H27ClN4OS. The summed E-state index contributed by atoms with van der Waals surface area (Å²) in [5.74, 6) is 1.52. The van der Waals surface area contributed by atoms with Gasteiger partial charge in [-0.3, -0.25) is 4.79 Å². The summed E-state index contributed by atoms with van der Waals surface area (Å²) in [7, 11) is 0. The predicted octanol–water partition coefficient (Wildman–Crippen LogP) is 4.16. The highest BCUT2D eigenvalue weighted by atomic mass is 35.5. The summed E-state index contributed by atoms with van der Waals surface area (Å²) in [6.07, 6.45) is 2.86. The number of carbonyl (C=O) groups excluding carboxylic acids is 1. The lowest BCUT2D eigenvalue weighted by molar-refractivity contribution is -0.128. The Bertz CT molecular complexity index is 761. The molecule has 0 atom stereocenters. The van der Waals surface area contributed by atoms with E-state index in [4.69, 9.17) is 16.6 Å². The monoisotopic (exact) mass is 406 g/mol. The number of benzene rings is 1. The van der Waals surface area contributed by atoms with Crippen molar-refractivity contribution in [2.24, 2.45) is 11.3 Å². The summed E-state index contributed by atoms with van der Waals surface area (Å²) in [6, 6.07) is 7.82. The molecule has 0 unspecified atom stereocenters. The van der Waals surface area contributed by atoms with Gasteiger partial charge in [0.25, 0.3) is 0 Å². The van der Waals surface area contributed by atoms with E-state index in [1.54, 1.807) is 0 Å². The first kappa shape index (κ1) is 20.1. The van der Waals surface area contributed by atoms with Crippen molar-refractivity contribution in [2.45, 2.75) is 40.0 Å². The van der Waals surface area contributed by atoms with Crippen LogP contribution >= 0.6 is 23.1 Å². The zero-order valence-electron chi connectivity index (χ0n) is 16.2. The number of hydrogen-bond acceptors (Lipinski definition) is 5. The summed E-state index contributed by atoms with van der Waals surface area (Å²) in [5.41, 5.74) is 0.838. The van der Waals surface area contributed by atoms with Crippen molar-refractivity contribution >= 4 is 34.2 Å². The minimum atomic E-state index is -0.326. The highest BCUT2D eigenvalue weighted by Gasteiger charge is 2.25. The quantitative estimate of drug-likeness (QED) is 0.809. The van der Waals surface area contributed by atoms with Gasteiger partial charge in [-0.2, -0.15) is 4.37 Å². The van der Waals surface area contributed by atoms with Gasteiger partial charge in [0, 0.05) is 48.0 Å². The number of halogens is 1. The number of piperidine rings is 1. The molecule has 0 aliphatic carbocycles. The minimum Gasteiger partial charge on any atom is -0.355 e. The fraction of sp³-hybridized carbons (Fsp3) is 0.550. The number of rotatable bonds is 5. The second-order valence-electron chi connectivity index (χ2n) is 8.19. The van der Waals surface area contributed by atoms with Gasteiger partial charge < -0.3 is 10.2 Å². The summed E-state index contributed by atoms with van der Waals surface area (Å²) in [4.78, 5) is 19.0. The summed E-state index contributed by atoms with van der Waals surface area (Å²) >= 11 is 7.41. The van der Waals surface area contributed by atoms with Gasteiger partial charge in [0.2, 0.25) is 11.0 Å². The molecular weight excluding hydrogens is 380 g/mol. The van der Waals surface area contributed by atoms with Crippen LogP contribution in [-0.4, -0.2) is 34.9 Å². The van der Waals surface area contributed by atoms with Crippen molar-refractivity contribution in [1.82, 2.24) is 14.7 Å². The van der Waals surface area contributed by atoms with E-state index < -0.39 is 0 Å². The highest BCUT2D eigenvalue weighted by Crippen LogP contribution is 2.25. The van der Waals surface area contributed by atoms with Crippen molar-refractivity contribution in [1.29, 1.82) is 0 Å². The van der Waals surface area contributed by atoms with Gasteiger partial charge in [-0.15, -0.1) is 0 Å². The van der Waals surface area contributed by atoms with Crippen LogP contribution in [0.3, 0.4) is 0 Å². The van der Waals surface area contributed by atoms with Gasteiger partial charge in [0.05, 0.1) is 0 Å². The number of hydrogen-bond donors (Lipinski definition) is 1. The topological polar surface area (TPSA) is 58.1 Å². The lowest BCUT2D eigenvalue weighted by Crippen LogP contribution is -2.41. The number of amides is 1. The van der Waals surface area contributed by atoms with Crippen LogP contribution in [0.5, 0.6) is 0 Å². The average molecular weight is 407 g/mol. The van der Waals surface area contributed by atoms with Crippen molar-refractivity contribution < 1.29 is 4.79 Å². The summed E-state index contributed by atoms with van der Waals surface area (Å²) in [6.45, 7) is 8.53. The van der Waals surface area contributed by atoms with Crippen LogP contribution in [0.2, 0.25) is 5.02 Å². The second kappa shape index (κ2) is 8.57. The summed E-state index contributed by atoms with van der Waals surface area (Å²) < 4.78 is 4.51. The Morgan fingerprint density at radius 3 is 2.56 bits per heavy atom. The van der Waals surface area contributed by atoms with Crippen molar-refractivity contribution in [2.75, 3.05) is 24.5 Å². The first-order chi connectivity index (χ1) is 12.8. The maximum atomic E-state index is 12.0. The van der Waals surface area contributed by atoms with E-state index in [9.17, 15) is 4.79 Å². The third kappa shape index (κ3) is 5.66. The fourth-order valence-corrected chi connectivity index (χ4v) is 3.92. The molecule has 1 aliphatic heterocycles. The molecule has 1 fully saturated rings. The van der Waals surface area contributed by atoms with E-state index in [-0.39, 0.29) is 11.3 Å². The molecule has 0 saturated carbocycles. The lowest BCUT2D eigenvalue weighted by Gasteiger charge is -2.32. The number of nitrogens with one attached hydrogen (secondary N) is 1. The maximum absolute atomic E-state index is 12.0. The van der Waals surface area contributed by atoms with Crippen LogP contribution in [0.4, 0.5) is 5.13 Å². The molecule has 0 radical (unpaired) electrons. The van der Waals surface area contributed by atoms with E-state index in [1.165, 1.54) is 11.5 Å². The first-order valence-corrected chi connectivity index (χ1v) is 10.6. The van der Waals surface area contributed by atoms with Crippen molar-refractivity contribution in [3.8, 4) is 0 Å². The van der Waals surface area contributed by atoms with Crippen LogP contribution < -0.4 is 10.2 Å². The average Bonchev–Trinajstić information content (AvgIpc) is 3.10. The van der Waals surface area contributed by atoms with Gasteiger partial charge in [-0.05, 0) is 36.5 Å². The Morgan fingerprint density at radius 2 is 1.93 bits per heavy atom. The Hall–Kier alpha value is -1.66. The number of nitrogens with zero attached hydrogens (tertiary/aromatic N) is 3. The maximum Gasteiger partial charge on any atom is 0.225 e. The van der Waals surface area contributed by atoms with Crippen LogP contribution in [-0.2, 0) is 11.2 Å². The van der Waals surface area contributed by atoms with E-state index in [0.717, 1.165) is 60.4 Å². The van der Waals surface area contributed by atoms with Gasteiger partial charge in [-0.25, -0.2) is 4.98 Å². The largest absolute Gasteiger partial charge is 0.355 e. The molecule has 1 aromatic heterocycles. The number of aromatic nitrogens is 2. The molecule has 2 heterocycles. The predicted molar refractivity (Wildman–Crippen MR) is 112 cm³/mol. The molecule has 7 heteroatoms. The minimum absolute atomic E-state index is 0.126. The molecule has 5 nitrogen and oxygen atoms in total. The van der Waals surface area contributed by atoms with Crippen LogP contribution in [0, 0.1) is 11.3 Å². The molecule has 1 N–H and O–H groups in total. The molecule has 0 spiro atoms. The van der Waals surface area contributed by atoms with Crippen LogP contribution in [0.15, 0.2) is 24.3 Å². The van der Waals surface area contributed by atoms with Gasteiger partial charge >= 0.3 is 0 Å². The van der Waals surface area contributed by atoms with Crippen LogP contribution in [0.1, 0.15) is 45.0 Å². The highest BCUT2D eigenvalue weighted by molar-refractivity contribution is 7.09. The fourth-order valence-electron chi connectivity index (χ4n) is 3.06. The van der Waals surface area contributed by atoms with Crippen molar-refractivity contribution in [3.05, 3.63) is 40.7 Å². The Balaban J connectivity index is 1.48. The van der Waals surface area contributed by atoms with Gasteiger partial charge in [0.1, 0.15) is 5.82 Å². The van der Waals surface area contributed by atoms with E-state index >= 15 is 0 Å². The zero-order valence-corrected chi connectivity index (χ0v) is 17.7. The second-order valence-corrected chi connectivity index (χ2v) is 9.35. The third-order valence-corrected chi connectivity index (χ3v) is 5.92. The number of anilines is 1. The van der Waals surface area contributed by atoms with Gasteiger partial charge in [-0.1, -0.05) is 44.5 Å². The van der Waals surface area contributed by atoms with Crippen molar-refractivity contribution in [3.63, 3.8) is 0 Å².